The van der Waals surface area contributed by atoms with E-state index in [4.69, 9.17) is 5.73 Å². The van der Waals surface area contributed by atoms with Gasteiger partial charge in [0.2, 0.25) is 5.91 Å². The van der Waals surface area contributed by atoms with E-state index in [0.29, 0.717) is 19.5 Å². The highest BCUT2D eigenvalue weighted by atomic mass is 19.1. The minimum atomic E-state index is -0.217. The van der Waals surface area contributed by atoms with Crippen LogP contribution in [-0.2, 0) is 17.8 Å². The molecule has 1 aliphatic heterocycles. The molecule has 1 fully saturated rings. The number of hydrogen-bond acceptors (Lipinski definition) is 2. The second-order valence-corrected chi connectivity index (χ2v) is 6.08. The first-order chi connectivity index (χ1) is 11.2. The third-order valence-corrected chi connectivity index (χ3v) is 4.44. The minimum absolute atomic E-state index is 0.123. The summed E-state index contributed by atoms with van der Waals surface area (Å²) < 4.78 is 13.3. The average molecular weight is 312 g/mol. The van der Waals surface area contributed by atoms with Crippen molar-refractivity contribution in [2.24, 2.45) is 5.73 Å². The number of amides is 1. The molecule has 3 rings (SSSR count). The van der Waals surface area contributed by atoms with Crippen LogP contribution in [0, 0.1) is 5.82 Å². The van der Waals surface area contributed by atoms with Gasteiger partial charge in [-0.1, -0.05) is 36.4 Å². The second kappa shape index (κ2) is 6.92. The first-order valence-corrected chi connectivity index (χ1v) is 7.97. The molecular formula is C19H21FN2O. The Morgan fingerprint density at radius 3 is 2.74 bits per heavy atom. The number of carbonyl (C=O) groups excluding carboxylic acids is 1. The van der Waals surface area contributed by atoms with E-state index in [9.17, 15) is 9.18 Å². The Labute approximate surface area is 135 Å². The van der Waals surface area contributed by atoms with Gasteiger partial charge in [-0.25, -0.2) is 4.39 Å². The maximum absolute atomic E-state index is 13.3. The van der Waals surface area contributed by atoms with Crippen molar-refractivity contribution in [3.8, 4) is 0 Å². The van der Waals surface area contributed by atoms with Gasteiger partial charge in [-0.2, -0.15) is 0 Å². The molecular weight excluding hydrogens is 291 g/mol. The normalized spacial score (nSPS) is 17.5. The number of nitrogens with zero attached hydrogens (tertiary/aromatic N) is 1. The summed E-state index contributed by atoms with van der Waals surface area (Å²) in [5.74, 6) is 0.133. The molecule has 1 heterocycles. The van der Waals surface area contributed by atoms with E-state index in [1.54, 1.807) is 12.1 Å². The molecule has 1 amide bonds. The lowest BCUT2D eigenvalue weighted by Gasteiger charge is -2.17. The Hall–Kier alpha value is -2.20. The van der Waals surface area contributed by atoms with Crippen LogP contribution >= 0.6 is 0 Å². The zero-order valence-corrected chi connectivity index (χ0v) is 13.0. The van der Waals surface area contributed by atoms with Crippen molar-refractivity contribution in [2.75, 3.05) is 13.1 Å². The Bertz CT molecular complexity index is 701. The summed E-state index contributed by atoms with van der Waals surface area (Å²) in [4.78, 5) is 14.4. The van der Waals surface area contributed by atoms with E-state index in [1.807, 2.05) is 35.2 Å². The fraction of sp³-hybridized carbons (Fsp3) is 0.316. The highest BCUT2D eigenvalue weighted by Crippen LogP contribution is 2.28. The molecule has 3 nitrogen and oxygen atoms in total. The fourth-order valence-corrected chi connectivity index (χ4v) is 3.17. The lowest BCUT2D eigenvalue weighted by Crippen LogP contribution is -2.29. The molecule has 2 N–H and O–H groups in total. The molecule has 23 heavy (non-hydrogen) atoms. The summed E-state index contributed by atoms with van der Waals surface area (Å²) >= 11 is 0. The number of carbonyl (C=O) groups is 1. The van der Waals surface area contributed by atoms with Crippen molar-refractivity contribution in [1.29, 1.82) is 0 Å². The molecule has 2 aromatic rings. The van der Waals surface area contributed by atoms with Crippen molar-refractivity contribution in [2.45, 2.75) is 25.3 Å². The van der Waals surface area contributed by atoms with Gasteiger partial charge in [0, 0.05) is 25.6 Å². The van der Waals surface area contributed by atoms with Gasteiger partial charge in [0.15, 0.2) is 0 Å². The van der Waals surface area contributed by atoms with E-state index in [-0.39, 0.29) is 17.6 Å². The second-order valence-electron chi connectivity index (χ2n) is 6.08. The fourth-order valence-electron chi connectivity index (χ4n) is 3.17. The third kappa shape index (κ3) is 3.77. The zero-order chi connectivity index (χ0) is 16.2. The number of rotatable bonds is 4. The first-order valence-electron chi connectivity index (χ1n) is 7.97. The quantitative estimate of drug-likeness (QED) is 0.943. The van der Waals surface area contributed by atoms with Crippen molar-refractivity contribution in [3.63, 3.8) is 0 Å². The van der Waals surface area contributed by atoms with Gasteiger partial charge in [0.25, 0.3) is 0 Å². The van der Waals surface area contributed by atoms with E-state index >= 15 is 0 Å². The van der Waals surface area contributed by atoms with Crippen LogP contribution in [0.2, 0.25) is 0 Å². The van der Waals surface area contributed by atoms with Crippen molar-refractivity contribution >= 4 is 5.91 Å². The van der Waals surface area contributed by atoms with Crippen LogP contribution in [0.3, 0.4) is 0 Å². The lowest BCUT2D eigenvalue weighted by atomic mass is 9.98. The van der Waals surface area contributed by atoms with Gasteiger partial charge in [-0.05, 0) is 35.2 Å². The SMILES string of the molecule is NCc1cccc(CC(=O)N2CC[C@@H](c3cccc(F)c3)C2)c1. The molecule has 2 aromatic carbocycles. The van der Waals surface area contributed by atoms with Gasteiger partial charge in [-0.3, -0.25) is 4.79 Å². The number of nitrogens with two attached hydrogens (primary N) is 1. The molecule has 120 valence electrons. The Kier molecular flexibility index (Phi) is 4.72. The van der Waals surface area contributed by atoms with E-state index in [2.05, 4.69) is 0 Å². The summed E-state index contributed by atoms with van der Waals surface area (Å²) in [6.07, 6.45) is 1.28. The van der Waals surface area contributed by atoms with Gasteiger partial charge in [0.1, 0.15) is 5.82 Å². The number of halogens is 1. The molecule has 0 saturated carbocycles. The number of hydrogen-bond donors (Lipinski definition) is 1. The van der Waals surface area contributed by atoms with Crippen LogP contribution < -0.4 is 5.73 Å². The van der Waals surface area contributed by atoms with Crippen LogP contribution in [-0.4, -0.2) is 23.9 Å². The Balaban J connectivity index is 1.63. The van der Waals surface area contributed by atoms with Crippen LogP contribution in [0.15, 0.2) is 48.5 Å². The van der Waals surface area contributed by atoms with Crippen LogP contribution in [0.25, 0.3) is 0 Å². The Morgan fingerprint density at radius 1 is 1.17 bits per heavy atom. The molecule has 0 aromatic heterocycles. The molecule has 0 bridgehead atoms. The molecule has 1 aliphatic rings. The third-order valence-electron chi connectivity index (χ3n) is 4.44. The number of likely N-dealkylation sites (tertiary alicyclic amines) is 1. The standard InChI is InChI=1S/C19H21FN2O/c20-18-6-2-5-16(11-18)17-7-8-22(13-17)19(23)10-14-3-1-4-15(9-14)12-21/h1-6,9,11,17H,7-8,10,12-13,21H2/t17-/m1/s1. The lowest BCUT2D eigenvalue weighted by molar-refractivity contribution is -0.129. The highest BCUT2D eigenvalue weighted by Gasteiger charge is 2.27. The minimum Gasteiger partial charge on any atom is -0.342 e. The van der Waals surface area contributed by atoms with Gasteiger partial charge >= 0.3 is 0 Å². The van der Waals surface area contributed by atoms with E-state index in [0.717, 1.165) is 29.7 Å². The molecule has 0 spiro atoms. The summed E-state index contributed by atoms with van der Waals surface area (Å²) in [5, 5.41) is 0. The van der Waals surface area contributed by atoms with Crippen LogP contribution in [0.1, 0.15) is 29.0 Å². The smallest absolute Gasteiger partial charge is 0.227 e. The van der Waals surface area contributed by atoms with Crippen LogP contribution in [0.5, 0.6) is 0 Å². The molecule has 1 saturated heterocycles. The molecule has 0 aliphatic carbocycles. The first kappa shape index (κ1) is 15.7. The summed E-state index contributed by atoms with van der Waals surface area (Å²) in [6.45, 7) is 1.88. The zero-order valence-electron chi connectivity index (χ0n) is 13.0. The molecule has 0 radical (unpaired) electrons. The molecule has 1 atom stereocenters. The monoisotopic (exact) mass is 312 g/mol. The predicted molar refractivity (Wildman–Crippen MR) is 88.4 cm³/mol. The molecule has 4 heteroatoms. The maximum Gasteiger partial charge on any atom is 0.227 e. The van der Waals surface area contributed by atoms with Crippen molar-refractivity contribution in [1.82, 2.24) is 4.90 Å². The summed E-state index contributed by atoms with van der Waals surface area (Å²) in [5.41, 5.74) is 8.65. The Morgan fingerprint density at radius 2 is 1.96 bits per heavy atom. The highest BCUT2D eigenvalue weighted by molar-refractivity contribution is 5.79. The largest absolute Gasteiger partial charge is 0.342 e. The van der Waals surface area contributed by atoms with Gasteiger partial charge in [0.05, 0.1) is 6.42 Å². The predicted octanol–water partition coefficient (Wildman–Crippen LogP) is 2.84. The topological polar surface area (TPSA) is 46.3 Å². The molecule has 0 unspecified atom stereocenters. The average Bonchev–Trinajstić information content (AvgIpc) is 3.05. The number of benzene rings is 2. The van der Waals surface area contributed by atoms with E-state index in [1.165, 1.54) is 6.07 Å². The van der Waals surface area contributed by atoms with E-state index < -0.39 is 0 Å². The summed E-state index contributed by atoms with van der Waals surface area (Å²) in [7, 11) is 0. The summed E-state index contributed by atoms with van der Waals surface area (Å²) in [6, 6.07) is 14.5. The van der Waals surface area contributed by atoms with Crippen molar-refractivity contribution in [3.05, 3.63) is 71.0 Å². The van der Waals surface area contributed by atoms with Crippen LogP contribution in [0.4, 0.5) is 4.39 Å². The van der Waals surface area contributed by atoms with Gasteiger partial charge in [-0.15, -0.1) is 0 Å². The van der Waals surface area contributed by atoms with Gasteiger partial charge < -0.3 is 10.6 Å². The maximum atomic E-state index is 13.3. The van der Waals surface area contributed by atoms with Crippen molar-refractivity contribution < 1.29 is 9.18 Å².